The molecule has 0 radical (unpaired) electrons. The normalized spacial score (nSPS) is 14.8. The zero-order chi connectivity index (χ0) is 5.82. The van der Waals surface area contributed by atoms with Crippen LogP contribution in [0.3, 0.4) is 0 Å². The number of nitrogens with zero attached hydrogens (tertiary/aromatic N) is 1. The first-order chi connectivity index (χ1) is 3.93. The molecule has 0 unspecified atom stereocenters. The van der Waals surface area contributed by atoms with Gasteiger partial charge in [0.25, 0.3) is 0 Å². The van der Waals surface area contributed by atoms with Gasteiger partial charge in [0.2, 0.25) is 0 Å². The van der Waals surface area contributed by atoms with Crippen LogP contribution < -0.4 is 0 Å². The summed E-state index contributed by atoms with van der Waals surface area (Å²) in [6.45, 7) is 0. The first kappa shape index (κ1) is 4.92. The van der Waals surface area contributed by atoms with E-state index in [0.29, 0.717) is 0 Å². The van der Waals surface area contributed by atoms with Crippen LogP contribution in [0.25, 0.3) is 5.01 Å². The second-order valence-electron chi connectivity index (χ2n) is 1.53. The fourth-order valence-corrected chi connectivity index (χ4v) is 0.589. The highest BCUT2D eigenvalue weighted by atomic mass is 16.4. The van der Waals surface area contributed by atoms with E-state index in [4.69, 9.17) is 0 Å². The van der Waals surface area contributed by atoms with E-state index in [1.165, 1.54) is 0 Å². The molecule has 0 fully saturated rings. The molecule has 0 saturated carbocycles. The van der Waals surface area contributed by atoms with E-state index in [0.717, 1.165) is 12.0 Å². The average molecular weight is 107 g/mol. The van der Waals surface area contributed by atoms with Crippen LogP contribution in [0.5, 0.6) is 0 Å². The summed E-state index contributed by atoms with van der Waals surface area (Å²) in [7, 11) is 0. The lowest BCUT2D eigenvalue weighted by molar-refractivity contribution is 1.36. The molecule has 0 bridgehead atoms. The average Bonchev–Trinajstić information content (AvgIpc) is 2.19. The predicted octanol–water partition coefficient (Wildman–Crippen LogP) is 1.70. The highest BCUT2D eigenvalue weighted by molar-refractivity contribution is 5.35. The Bertz CT molecular complexity index is 192. The van der Waals surface area contributed by atoms with Gasteiger partial charge in [-0.3, -0.25) is 0 Å². The topological polar surface area (TPSA) is 27.4 Å². The van der Waals surface area contributed by atoms with E-state index in [-0.39, 0.29) is 0 Å². The maximum atomic E-state index is 9.53. The number of allylic oxidation sites excluding steroid dienone is 4. The van der Waals surface area contributed by atoms with Crippen LogP contribution in [0.15, 0.2) is 23.8 Å². The van der Waals surface area contributed by atoms with Gasteiger partial charge < -0.3 is 5.21 Å². The monoisotopic (exact) mass is 107 g/mol. The molecule has 1 rings (SSSR count). The van der Waals surface area contributed by atoms with E-state index >= 15 is 0 Å². The van der Waals surface area contributed by atoms with Gasteiger partial charge in [0.15, 0.2) is 0 Å². The molecule has 2 heteroatoms. The largest absolute Gasteiger partial charge is 0.498 e. The molecule has 0 saturated heterocycles. The summed E-state index contributed by atoms with van der Waals surface area (Å²) in [4.78, 5) is 0. The van der Waals surface area contributed by atoms with Crippen molar-refractivity contribution in [2.45, 2.75) is 6.42 Å². The van der Waals surface area contributed by atoms with Crippen LogP contribution in [0, 0.1) is 11.3 Å². The SMILES string of the molecule is [O-][N+]#CC1=CC=CC1. The Morgan fingerprint density at radius 3 is 3.12 bits per heavy atom. The maximum absolute atomic E-state index is 9.53. The van der Waals surface area contributed by atoms with E-state index in [2.05, 4.69) is 11.1 Å². The lowest BCUT2D eigenvalue weighted by Crippen LogP contribution is -1.65. The van der Waals surface area contributed by atoms with Gasteiger partial charge in [-0.25, -0.2) is 0 Å². The van der Waals surface area contributed by atoms with Crippen LogP contribution in [0.2, 0.25) is 0 Å². The Morgan fingerprint density at radius 2 is 2.62 bits per heavy atom. The van der Waals surface area contributed by atoms with Gasteiger partial charge in [0, 0.05) is 11.4 Å². The van der Waals surface area contributed by atoms with Crippen molar-refractivity contribution in [3.8, 4) is 6.07 Å². The minimum atomic E-state index is 0.797. The second kappa shape index (κ2) is 2.17. The van der Waals surface area contributed by atoms with Gasteiger partial charge in [-0.1, -0.05) is 12.2 Å². The number of hydrogen-bond acceptors (Lipinski definition) is 1. The van der Waals surface area contributed by atoms with Crippen molar-refractivity contribution in [2.75, 3.05) is 0 Å². The van der Waals surface area contributed by atoms with Gasteiger partial charge in [-0.15, -0.1) is 0 Å². The van der Waals surface area contributed by atoms with Crippen molar-refractivity contribution in [3.05, 3.63) is 34.0 Å². The molecule has 8 heavy (non-hydrogen) atoms. The Labute approximate surface area is 47.5 Å². The molecule has 2 nitrogen and oxygen atoms in total. The highest BCUT2D eigenvalue weighted by Crippen LogP contribution is 2.07. The number of rotatable bonds is 0. The van der Waals surface area contributed by atoms with E-state index < -0.39 is 0 Å². The van der Waals surface area contributed by atoms with Gasteiger partial charge in [-0.05, 0) is 6.08 Å². The summed E-state index contributed by atoms with van der Waals surface area (Å²) in [5.41, 5.74) is 0.861. The summed E-state index contributed by atoms with van der Waals surface area (Å²) < 4.78 is 0. The molecule has 0 N–H and O–H groups in total. The summed E-state index contributed by atoms with van der Waals surface area (Å²) in [6.07, 6.45) is 6.45. The molecular formula is C6H5NO. The minimum absolute atomic E-state index is 0.797. The Morgan fingerprint density at radius 1 is 1.75 bits per heavy atom. The molecule has 0 atom stereocenters. The molecule has 0 aliphatic heterocycles. The molecule has 0 aromatic heterocycles. The Balaban J connectivity index is 2.60. The first-order valence-electron chi connectivity index (χ1n) is 2.37. The van der Waals surface area contributed by atoms with Gasteiger partial charge in [0.1, 0.15) is 0 Å². The Kier molecular flexibility index (Phi) is 1.34. The third-order valence-electron chi connectivity index (χ3n) is 0.961. The summed E-state index contributed by atoms with van der Waals surface area (Å²) >= 11 is 0. The van der Waals surface area contributed by atoms with Crippen LogP contribution >= 0.6 is 0 Å². The standard InChI is InChI=1S/C6H5NO/c8-7-5-6-3-1-2-4-6/h1-3H,4H2. The van der Waals surface area contributed by atoms with E-state index in [9.17, 15) is 5.21 Å². The molecule has 0 aromatic rings. The predicted molar refractivity (Wildman–Crippen MR) is 32.5 cm³/mol. The van der Waals surface area contributed by atoms with Crippen molar-refractivity contribution >= 4 is 0 Å². The van der Waals surface area contributed by atoms with E-state index in [1.807, 2.05) is 18.2 Å². The third kappa shape index (κ3) is 0.881. The molecule has 0 amide bonds. The molecule has 0 spiro atoms. The van der Waals surface area contributed by atoms with Crippen molar-refractivity contribution in [1.29, 1.82) is 0 Å². The molecule has 1 aliphatic rings. The molecular weight excluding hydrogens is 102 g/mol. The van der Waals surface area contributed by atoms with Gasteiger partial charge >= 0.3 is 6.07 Å². The molecule has 0 aromatic carbocycles. The van der Waals surface area contributed by atoms with Crippen LogP contribution in [-0.2, 0) is 0 Å². The second-order valence-corrected chi connectivity index (χ2v) is 1.53. The number of hydrogen-bond donors (Lipinski definition) is 0. The first-order valence-corrected chi connectivity index (χ1v) is 2.37. The third-order valence-corrected chi connectivity index (χ3v) is 0.961. The fourth-order valence-electron chi connectivity index (χ4n) is 0.589. The maximum Gasteiger partial charge on any atom is 0.332 e. The smallest absolute Gasteiger partial charge is 0.332 e. The van der Waals surface area contributed by atoms with E-state index in [1.54, 1.807) is 0 Å². The molecule has 40 valence electrons. The summed E-state index contributed by atoms with van der Waals surface area (Å²) in [5, 5.41) is 12.0. The molecule has 1 aliphatic carbocycles. The zero-order valence-corrected chi connectivity index (χ0v) is 4.29. The van der Waals surface area contributed by atoms with Crippen molar-refractivity contribution in [2.24, 2.45) is 0 Å². The van der Waals surface area contributed by atoms with Crippen LogP contribution in [0.4, 0.5) is 0 Å². The molecule has 0 heterocycles. The van der Waals surface area contributed by atoms with Gasteiger partial charge in [-0.2, -0.15) is 0 Å². The van der Waals surface area contributed by atoms with Crippen molar-refractivity contribution < 1.29 is 0 Å². The quantitative estimate of drug-likeness (QED) is 0.433. The minimum Gasteiger partial charge on any atom is -0.498 e. The van der Waals surface area contributed by atoms with Crippen molar-refractivity contribution in [3.63, 3.8) is 0 Å². The lowest BCUT2D eigenvalue weighted by atomic mass is 10.3. The van der Waals surface area contributed by atoms with Gasteiger partial charge in [0.05, 0.1) is 5.57 Å². The van der Waals surface area contributed by atoms with Crippen molar-refractivity contribution in [1.82, 2.24) is 0 Å². The van der Waals surface area contributed by atoms with Crippen LogP contribution in [-0.4, -0.2) is 0 Å². The Hall–Kier alpha value is -1.23. The van der Waals surface area contributed by atoms with Crippen LogP contribution in [0.1, 0.15) is 6.42 Å². The summed E-state index contributed by atoms with van der Waals surface area (Å²) in [6, 6.07) is 2.31. The lowest BCUT2D eigenvalue weighted by Gasteiger charge is -1.71. The summed E-state index contributed by atoms with van der Waals surface area (Å²) in [5.74, 6) is 0. The fraction of sp³-hybridized carbons (Fsp3) is 0.167. The highest BCUT2D eigenvalue weighted by Gasteiger charge is 1.98. The zero-order valence-electron chi connectivity index (χ0n) is 4.29.